The van der Waals surface area contributed by atoms with E-state index in [1.54, 1.807) is 11.0 Å². The van der Waals surface area contributed by atoms with Crippen LogP contribution in [0.1, 0.15) is 12.8 Å². The maximum Gasteiger partial charge on any atom is 0.233 e. The fraction of sp³-hybridized carbons (Fsp3) is 0.583. The normalized spacial score (nSPS) is 35.3. The van der Waals surface area contributed by atoms with Gasteiger partial charge in [0.05, 0.1) is 11.8 Å². The fourth-order valence-corrected chi connectivity index (χ4v) is 6.56. The summed E-state index contributed by atoms with van der Waals surface area (Å²) < 4.78 is 0. The van der Waals surface area contributed by atoms with Crippen molar-refractivity contribution in [2.75, 3.05) is 44.2 Å². The number of carbonyl (C=O) groups excluding carboxylic acids is 2. The number of likely N-dealkylation sites (tertiary alicyclic amines) is 1. The number of rotatable bonds is 6. The van der Waals surface area contributed by atoms with Crippen LogP contribution < -0.4 is 4.90 Å². The number of anilines is 1. The molecule has 3 fully saturated rings. The number of imide groups is 1. The molecule has 168 valence electrons. The standard InChI is InChI=1S/C24H28ClN5O2/c25-19-7-8-20(27-26-19)29-13-11-28(12-14-29)9-1-2-10-30-23(31)21-17-5-6-18(22(21)24(30)32)16-4-3-15(16)17/h3-8,15-18,21-22H,1-2,9-14H2. The van der Waals surface area contributed by atoms with Crippen molar-refractivity contribution in [3.63, 3.8) is 0 Å². The maximum atomic E-state index is 13.1. The van der Waals surface area contributed by atoms with Crippen molar-refractivity contribution in [1.29, 1.82) is 0 Å². The summed E-state index contributed by atoms with van der Waals surface area (Å²) in [7, 11) is 0. The number of allylic oxidation sites excluding steroid dienone is 4. The molecule has 2 aliphatic heterocycles. The molecule has 32 heavy (non-hydrogen) atoms. The lowest BCUT2D eigenvalue weighted by molar-refractivity contribution is -0.140. The lowest BCUT2D eigenvalue weighted by Crippen LogP contribution is -2.50. The Morgan fingerprint density at radius 2 is 1.38 bits per heavy atom. The second kappa shape index (κ2) is 7.96. The Balaban J connectivity index is 0.976. The summed E-state index contributed by atoms with van der Waals surface area (Å²) in [4.78, 5) is 32.5. The monoisotopic (exact) mass is 453 g/mol. The first-order valence-electron chi connectivity index (χ1n) is 11.8. The Kier molecular flexibility index (Phi) is 5.06. The molecule has 2 amide bonds. The van der Waals surface area contributed by atoms with Gasteiger partial charge in [-0.1, -0.05) is 35.9 Å². The van der Waals surface area contributed by atoms with Gasteiger partial charge in [-0.05, 0) is 55.2 Å². The average molecular weight is 454 g/mol. The molecule has 1 aromatic rings. The average Bonchev–Trinajstić information content (AvgIpc) is 3.04. The molecule has 8 heteroatoms. The minimum atomic E-state index is -0.118. The lowest BCUT2D eigenvalue weighted by atomic mass is 9.50. The summed E-state index contributed by atoms with van der Waals surface area (Å²) in [5.41, 5.74) is 0. The van der Waals surface area contributed by atoms with E-state index in [0.29, 0.717) is 23.5 Å². The molecule has 1 saturated carbocycles. The molecule has 0 N–H and O–H groups in total. The molecule has 7 rings (SSSR count). The van der Waals surface area contributed by atoms with Gasteiger partial charge in [-0.2, -0.15) is 0 Å². The van der Waals surface area contributed by atoms with Gasteiger partial charge in [0, 0.05) is 32.7 Å². The number of unbranched alkanes of at least 4 members (excludes halogenated alkanes) is 1. The van der Waals surface area contributed by atoms with E-state index in [-0.39, 0.29) is 35.5 Å². The third-order valence-electron chi connectivity index (χ3n) is 8.18. The largest absolute Gasteiger partial charge is 0.353 e. The fourth-order valence-electron chi connectivity index (χ4n) is 6.46. The quantitative estimate of drug-likeness (QED) is 0.374. The van der Waals surface area contributed by atoms with Crippen molar-refractivity contribution in [2.45, 2.75) is 12.8 Å². The zero-order chi connectivity index (χ0) is 21.8. The Morgan fingerprint density at radius 1 is 0.781 bits per heavy atom. The number of aromatic nitrogens is 2. The SMILES string of the molecule is O=C1C2C3C=CC(C4C=CC43)C2C(=O)N1CCCCN1CCN(c2ccc(Cl)nn2)CC1. The summed E-state index contributed by atoms with van der Waals surface area (Å²) in [6.07, 6.45) is 10.8. The summed E-state index contributed by atoms with van der Waals surface area (Å²) in [5, 5.41) is 8.51. The van der Waals surface area contributed by atoms with Gasteiger partial charge < -0.3 is 4.90 Å². The van der Waals surface area contributed by atoms with Crippen LogP contribution in [-0.4, -0.2) is 71.1 Å². The lowest BCUT2D eigenvalue weighted by Gasteiger charge is -2.51. The molecule has 2 saturated heterocycles. The topological polar surface area (TPSA) is 69.6 Å². The van der Waals surface area contributed by atoms with Crippen molar-refractivity contribution in [3.05, 3.63) is 41.6 Å². The van der Waals surface area contributed by atoms with Crippen molar-refractivity contribution in [3.8, 4) is 0 Å². The van der Waals surface area contributed by atoms with Crippen molar-refractivity contribution < 1.29 is 9.59 Å². The molecule has 2 bridgehead atoms. The van der Waals surface area contributed by atoms with E-state index in [9.17, 15) is 9.59 Å². The van der Waals surface area contributed by atoms with E-state index in [0.717, 1.165) is 51.4 Å². The number of hydrogen-bond acceptors (Lipinski definition) is 6. The molecule has 4 aliphatic carbocycles. The number of nitrogens with zero attached hydrogens (tertiary/aromatic N) is 5. The predicted molar refractivity (Wildman–Crippen MR) is 121 cm³/mol. The molecule has 0 aromatic carbocycles. The van der Waals surface area contributed by atoms with Crippen LogP contribution in [0.25, 0.3) is 0 Å². The van der Waals surface area contributed by atoms with Crippen LogP contribution in [0.3, 0.4) is 0 Å². The number of halogens is 1. The van der Waals surface area contributed by atoms with Gasteiger partial charge >= 0.3 is 0 Å². The third-order valence-corrected chi connectivity index (χ3v) is 8.38. The molecule has 0 radical (unpaired) electrons. The van der Waals surface area contributed by atoms with E-state index < -0.39 is 0 Å². The Bertz CT molecular complexity index is 931. The molecule has 7 nitrogen and oxygen atoms in total. The second-order valence-electron chi connectivity index (χ2n) is 9.71. The zero-order valence-electron chi connectivity index (χ0n) is 18.0. The third kappa shape index (κ3) is 3.20. The highest BCUT2D eigenvalue weighted by Crippen LogP contribution is 2.58. The first kappa shape index (κ1) is 20.4. The molecule has 1 aromatic heterocycles. The number of piperazine rings is 1. The minimum absolute atomic E-state index is 0.0794. The van der Waals surface area contributed by atoms with E-state index in [4.69, 9.17) is 11.6 Å². The highest BCUT2D eigenvalue weighted by Gasteiger charge is 2.62. The van der Waals surface area contributed by atoms with E-state index in [2.05, 4.69) is 44.3 Å². The molecule has 6 atom stereocenters. The van der Waals surface area contributed by atoms with Crippen LogP contribution in [0.15, 0.2) is 36.4 Å². The number of amides is 2. The van der Waals surface area contributed by atoms with Crippen LogP contribution >= 0.6 is 11.6 Å². The van der Waals surface area contributed by atoms with Crippen molar-refractivity contribution in [2.24, 2.45) is 35.5 Å². The Labute approximate surface area is 193 Å². The smallest absolute Gasteiger partial charge is 0.233 e. The second-order valence-corrected chi connectivity index (χ2v) is 10.1. The molecular formula is C24H28ClN5O2. The van der Waals surface area contributed by atoms with E-state index in [1.807, 2.05) is 6.07 Å². The van der Waals surface area contributed by atoms with Crippen molar-refractivity contribution in [1.82, 2.24) is 20.0 Å². The van der Waals surface area contributed by atoms with Crippen LogP contribution in [0.2, 0.25) is 5.15 Å². The van der Waals surface area contributed by atoms with E-state index in [1.165, 1.54) is 0 Å². The zero-order valence-corrected chi connectivity index (χ0v) is 18.8. The van der Waals surface area contributed by atoms with Gasteiger partial charge in [0.2, 0.25) is 11.8 Å². The number of carbonyl (C=O) groups is 2. The summed E-state index contributed by atoms with van der Waals surface area (Å²) in [6.45, 7) is 5.32. The summed E-state index contributed by atoms with van der Waals surface area (Å²) in [6, 6.07) is 3.69. The first-order chi connectivity index (χ1) is 15.6. The number of hydrogen-bond donors (Lipinski definition) is 0. The molecule has 6 unspecified atom stereocenters. The van der Waals surface area contributed by atoms with Gasteiger partial charge in [0.25, 0.3) is 0 Å². The van der Waals surface area contributed by atoms with Crippen LogP contribution in [0, 0.1) is 35.5 Å². The molecule has 6 aliphatic rings. The predicted octanol–water partition coefficient (Wildman–Crippen LogP) is 2.25. The van der Waals surface area contributed by atoms with Crippen molar-refractivity contribution >= 4 is 29.2 Å². The van der Waals surface area contributed by atoms with Gasteiger partial charge in [0.1, 0.15) is 0 Å². The first-order valence-corrected chi connectivity index (χ1v) is 12.2. The summed E-state index contributed by atoms with van der Waals surface area (Å²) >= 11 is 5.83. The highest BCUT2D eigenvalue weighted by molar-refractivity contribution is 6.29. The van der Waals surface area contributed by atoms with Crippen LogP contribution in [-0.2, 0) is 9.59 Å². The molecule has 3 heterocycles. The summed E-state index contributed by atoms with van der Waals surface area (Å²) in [5.74, 6) is 2.19. The molecular weight excluding hydrogens is 426 g/mol. The van der Waals surface area contributed by atoms with Gasteiger partial charge in [-0.25, -0.2) is 0 Å². The van der Waals surface area contributed by atoms with Gasteiger partial charge in [0.15, 0.2) is 11.0 Å². The van der Waals surface area contributed by atoms with E-state index >= 15 is 0 Å². The van der Waals surface area contributed by atoms with Gasteiger partial charge in [-0.15, -0.1) is 10.2 Å². The minimum Gasteiger partial charge on any atom is -0.353 e. The van der Waals surface area contributed by atoms with Crippen LogP contribution in [0.5, 0.6) is 0 Å². The highest BCUT2D eigenvalue weighted by atomic mass is 35.5. The Morgan fingerprint density at radius 3 is 1.94 bits per heavy atom. The molecule has 0 spiro atoms. The maximum absolute atomic E-state index is 13.1. The Hall–Kier alpha value is -2.25. The van der Waals surface area contributed by atoms with Crippen LogP contribution in [0.4, 0.5) is 5.82 Å². The van der Waals surface area contributed by atoms with Gasteiger partial charge in [-0.3, -0.25) is 19.4 Å².